The van der Waals surface area contributed by atoms with E-state index < -0.39 is 11.9 Å². The quantitative estimate of drug-likeness (QED) is 0.124. The maximum absolute atomic E-state index is 6.56. The highest BCUT2D eigenvalue weighted by atomic mass is 16.9. The molecule has 0 aliphatic carbocycles. The summed E-state index contributed by atoms with van der Waals surface area (Å²) in [6.45, 7) is 1.72. The van der Waals surface area contributed by atoms with Gasteiger partial charge in [0.2, 0.25) is 0 Å². The molecule has 6 heteroatoms. The van der Waals surface area contributed by atoms with Crippen LogP contribution < -0.4 is 28.4 Å². The predicted molar refractivity (Wildman–Crippen MR) is 173 cm³/mol. The van der Waals surface area contributed by atoms with Crippen LogP contribution in [-0.4, -0.2) is 5.97 Å². The molecule has 0 N–H and O–H groups in total. The second kappa shape index (κ2) is 13.6. The van der Waals surface area contributed by atoms with Crippen molar-refractivity contribution in [3.05, 3.63) is 181 Å². The van der Waals surface area contributed by atoms with Gasteiger partial charge >= 0.3 is 11.9 Å². The first-order valence-corrected chi connectivity index (χ1v) is 14.6. The van der Waals surface area contributed by atoms with Crippen LogP contribution in [0.1, 0.15) is 12.5 Å². The average molecular weight is 597 g/mol. The van der Waals surface area contributed by atoms with Gasteiger partial charge in [-0.2, -0.15) is 0 Å². The average Bonchev–Trinajstić information content (AvgIpc) is 3.07. The Hall–Kier alpha value is -5.88. The van der Waals surface area contributed by atoms with E-state index in [0.717, 1.165) is 0 Å². The van der Waals surface area contributed by atoms with Crippen molar-refractivity contribution >= 4 is 0 Å². The van der Waals surface area contributed by atoms with Crippen LogP contribution in [0.15, 0.2) is 176 Å². The van der Waals surface area contributed by atoms with Crippen LogP contribution in [0, 0.1) is 0 Å². The van der Waals surface area contributed by atoms with Crippen LogP contribution >= 0.6 is 0 Å². The van der Waals surface area contributed by atoms with E-state index in [2.05, 4.69) is 0 Å². The maximum atomic E-state index is 6.56. The molecule has 6 aromatic rings. The fourth-order valence-electron chi connectivity index (χ4n) is 4.58. The summed E-state index contributed by atoms with van der Waals surface area (Å²) in [5, 5.41) is 0. The number of hydrogen-bond acceptors (Lipinski definition) is 6. The minimum Gasteiger partial charge on any atom is -0.421 e. The minimum atomic E-state index is -1.70. The zero-order valence-corrected chi connectivity index (χ0v) is 24.7. The molecule has 6 nitrogen and oxygen atoms in total. The summed E-state index contributed by atoms with van der Waals surface area (Å²) in [6, 6.07) is 54.2. The summed E-state index contributed by atoms with van der Waals surface area (Å²) in [5.41, 5.74) is 0.584. The van der Waals surface area contributed by atoms with Gasteiger partial charge in [0.15, 0.2) is 0 Å². The van der Waals surface area contributed by atoms with Gasteiger partial charge in [-0.05, 0) is 84.9 Å². The summed E-state index contributed by atoms with van der Waals surface area (Å²) < 4.78 is 38.5. The van der Waals surface area contributed by atoms with Crippen LogP contribution in [0.3, 0.4) is 0 Å². The number of rotatable bonds is 13. The second-order valence-corrected chi connectivity index (χ2v) is 10.1. The summed E-state index contributed by atoms with van der Waals surface area (Å²) in [4.78, 5) is 0. The molecule has 0 bridgehead atoms. The lowest BCUT2D eigenvalue weighted by Gasteiger charge is -2.34. The first-order chi connectivity index (χ1) is 22.1. The van der Waals surface area contributed by atoms with Gasteiger partial charge in [-0.15, -0.1) is 0 Å². The Balaban J connectivity index is 1.36. The van der Waals surface area contributed by atoms with Gasteiger partial charge < -0.3 is 28.4 Å². The zero-order chi connectivity index (χ0) is 30.8. The standard InChI is InChI=1S/C39H32O6/c1-38(40-32-17-7-2-8-18-32,41-33-19-9-3-10-20-33)42-37-29-27-31(28-30-37)39(43-34-21-11-4-12-22-34,44-35-23-13-5-14-24-35)45-36-25-15-6-16-26-36/h2-30H,1H3. The molecule has 6 rings (SSSR count). The monoisotopic (exact) mass is 596 g/mol. The van der Waals surface area contributed by atoms with Gasteiger partial charge in [0, 0.05) is 0 Å². The van der Waals surface area contributed by atoms with Gasteiger partial charge in [-0.25, -0.2) is 0 Å². The summed E-state index contributed by atoms with van der Waals surface area (Å²) in [5.74, 6) is 0.154. The molecule has 0 aromatic heterocycles. The molecule has 0 saturated heterocycles. The van der Waals surface area contributed by atoms with Crippen molar-refractivity contribution in [3.8, 4) is 34.5 Å². The third-order valence-electron chi connectivity index (χ3n) is 6.59. The van der Waals surface area contributed by atoms with Gasteiger partial charge in [0.25, 0.3) is 0 Å². The normalized spacial score (nSPS) is 11.2. The first kappa shape index (κ1) is 29.2. The van der Waals surface area contributed by atoms with E-state index in [4.69, 9.17) is 28.4 Å². The van der Waals surface area contributed by atoms with E-state index in [1.165, 1.54) is 0 Å². The molecular formula is C39H32O6. The highest BCUT2D eigenvalue weighted by molar-refractivity contribution is 5.35. The lowest BCUT2D eigenvalue weighted by atomic mass is 10.1. The van der Waals surface area contributed by atoms with Crippen LogP contribution in [0.5, 0.6) is 34.5 Å². The third-order valence-corrected chi connectivity index (χ3v) is 6.59. The van der Waals surface area contributed by atoms with E-state index in [1.54, 1.807) is 19.1 Å². The molecule has 0 atom stereocenters. The smallest absolute Gasteiger partial charge is 0.421 e. The Morgan fingerprint density at radius 1 is 0.289 bits per heavy atom. The fraction of sp³-hybridized carbons (Fsp3) is 0.0769. The molecule has 0 radical (unpaired) electrons. The van der Waals surface area contributed by atoms with Crippen molar-refractivity contribution in [1.29, 1.82) is 0 Å². The molecule has 0 heterocycles. The van der Waals surface area contributed by atoms with E-state index in [1.807, 2.05) is 164 Å². The highest BCUT2D eigenvalue weighted by Gasteiger charge is 2.42. The number of para-hydroxylation sites is 5. The topological polar surface area (TPSA) is 55.4 Å². The summed E-state index contributed by atoms with van der Waals surface area (Å²) in [7, 11) is 0. The largest absolute Gasteiger partial charge is 0.447 e. The summed E-state index contributed by atoms with van der Waals surface area (Å²) >= 11 is 0. The van der Waals surface area contributed by atoms with Gasteiger partial charge in [0.05, 0.1) is 12.5 Å². The Morgan fingerprint density at radius 2 is 0.533 bits per heavy atom. The molecule has 0 aliphatic rings. The predicted octanol–water partition coefficient (Wildman–Crippen LogP) is 9.24. The molecule has 6 aromatic carbocycles. The van der Waals surface area contributed by atoms with E-state index >= 15 is 0 Å². The molecule has 0 saturated carbocycles. The zero-order valence-electron chi connectivity index (χ0n) is 24.7. The number of benzene rings is 6. The van der Waals surface area contributed by atoms with Gasteiger partial charge in [-0.1, -0.05) is 91.0 Å². The summed E-state index contributed by atoms with van der Waals surface area (Å²) in [6.07, 6.45) is 0. The number of ether oxygens (including phenoxy) is 6. The van der Waals surface area contributed by atoms with Crippen molar-refractivity contribution in [2.24, 2.45) is 0 Å². The third kappa shape index (κ3) is 7.75. The Labute approximate surface area is 262 Å². The van der Waals surface area contributed by atoms with E-state index in [9.17, 15) is 0 Å². The van der Waals surface area contributed by atoms with Crippen molar-refractivity contribution in [2.45, 2.75) is 18.9 Å². The first-order valence-electron chi connectivity index (χ1n) is 14.6. The maximum Gasteiger partial charge on any atom is 0.447 e. The van der Waals surface area contributed by atoms with Gasteiger partial charge in [0.1, 0.15) is 34.5 Å². The SMILES string of the molecule is CC(Oc1ccccc1)(Oc1ccccc1)Oc1ccc(C(Oc2ccccc2)(Oc2ccccc2)Oc2ccccc2)cc1. The van der Waals surface area contributed by atoms with Crippen molar-refractivity contribution < 1.29 is 28.4 Å². The molecule has 0 spiro atoms. The van der Waals surface area contributed by atoms with Crippen LogP contribution in [0.2, 0.25) is 0 Å². The highest BCUT2D eigenvalue weighted by Crippen LogP contribution is 2.36. The van der Waals surface area contributed by atoms with Crippen LogP contribution in [-0.2, 0) is 5.97 Å². The van der Waals surface area contributed by atoms with Crippen molar-refractivity contribution in [2.75, 3.05) is 0 Å². The van der Waals surface area contributed by atoms with Crippen LogP contribution in [0.25, 0.3) is 0 Å². The minimum absolute atomic E-state index is 0.487. The lowest BCUT2D eigenvalue weighted by molar-refractivity contribution is -0.263. The Bertz CT molecular complexity index is 1590. The van der Waals surface area contributed by atoms with Crippen LogP contribution in [0.4, 0.5) is 0 Å². The molecular weight excluding hydrogens is 564 g/mol. The molecule has 224 valence electrons. The molecule has 0 aliphatic heterocycles. The van der Waals surface area contributed by atoms with E-state index in [-0.39, 0.29) is 0 Å². The molecule has 0 unspecified atom stereocenters. The number of hydrogen-bond donors (Lipinski definition) is 0. The van der Waals surface area contributed by atoms with Crippen molar-refractivity contribution in [3.63, 3.8) is 0 Å². The Kier molecular flexibility index (Phi) is 8.83. The second-order valence-electron chi connectivity index (χ2n) is 10.1. The lowest BCUT2D eigenvalue weighted by Crippen LogP contribution is -2.46. The van der Waals surface area contributed by atoms with Crippen molar-refractivity contribution in [1.82, 2.24) is 0 Å². The van der Waals surface area contributed by atoms with Gasteiger partial charge in [-0.3, -0.25) is 0 Å². The van der Waals surface area contributed by atoms with E-state index in [0.29, 0.717) is 40.1 Å². The molecule has 0 amide bonds. The molecule has 45 heavy (non-hydrogen) atoms. The molecule has 0 fully saturated rings. The fourth-order valence-corrected chi connectivity index (χ4v) is 4.58. The Morgan fingerprint density at radius 3 is 0.822 bits per heavy atom.